The third kappa shape index (κ3) is 11.3. The van der Waals surface area contributed by atoms with Crippen molar-refractivity contribution < 1.29 is 8.83 Å². The summed E-state index contributed by atoms with van der Waals surface area (Å²) in [7, 11) is 0. The molecule has 4 heteroatoms. The molecule has 0 atom stereocenters. The first-order chi connectivity index (χ1) is 51.5. The van der Waals surface area contributed by atoms with Gasteiger partial charge < -0.3 is 18.6 Å². The summed E-state index contributed by atoms with van der Waals surface area (Å²) in [6, 6.07) is 143. The topological polar surface area (TPSA) is 32.8 Å². The van der Waals surface area contributed by atoms with Crippen molar-refractivity contribution in [3.63, 3.8) is 0 Å². The Hall–Kier alpha value is -13.8. The fraction of sp³-hybridized carbons (Fsp3) is 0. The summed E-state index contributed by atoms with van der Waals surface area (Å²) < 4.78 is 12.8. The molecule has 488 valence electrons. The molecule has 0 unspecified atom stereocenters. The average Bonchev–Trinajstić information content (AvgIpc) is 0.782. The monoisotopic (exact) mass is 1330 g/mol. The van der Waals surface area contributed by atoms with E-state index in [1.807, 2.05) is 24.3 Å². The van der Waals surface area contributed by atoms with Gasteiger partial charge in [-0.1, -0.05) is 309 Å². The van der Waals surface area contributed by atoms with E-state index < -0.39 is 0 Å². The van der Waals surface area contributed by atoms with E-state index in [-0.39, 0.29) is 0 Å². The van der Waals surface area contributed by atoms with E-state index in [1.54, 1.807) is 0 Å². The Morgan fingerprint density at radius 1 is 0.163 bits per heavy atom. The molecule has 4 nitrogen and oxygen atoms in total. The van der Waals surface area contributed by atoms with Crippen LogP contribution < -0.4 is 9.80 Å². The van der Waals surface area contributed by atoms with Gasteiger partial charge in [-0.2, -0.15) is 0 Å². The summed E-state index contributed by atoms with van der Waals surface area (Å²) in [5.74, 6) is 0. The summed E-state index contributed by atoms with van der Waals surface area (Å²) in [5, 5.41) is 14.6. The van der Waals surface area contributed by atoms with Crippen molar-refractivity contribution in [3.8, 4) is 66.8 Å². The summed E-state index contributed by atoms with van der Waals surface area (Å²) in [6.07, 6.45) is 0. The summed E-state index contributed by atoms with van der Waals surface area (Å²) >= 11 is 0. The maximum absolute atomic E-state index is 6.41. The first-order valence-electron chi connectivity index (χ1n) is 35.5. The summed E-state index contributed by atoms with van der Waals surface area (Å²) in [5.41, 5.74) is 24.1. The van der Waals surface area contributed by atoms with Gasteiger partial charge in [0.1, 0.15) is 22.3 Å². The predicted molar refractivity (Wildman–Crippen MR) is 439 cm³/mol. The van der Waals surface area contributed by atoms with Crippen LogP contribution in [0.3, 0.4) is 0 Å². The first kappa shape index (κ1) is 61.3. The molecule has 0 saturated heterocycles. The highest BCUT2D eigenvalue weighted by Crippen LogP contribution is 2.46. The lowest BCUT2D eigenvalue weighted by molar-refractivity contribution is 0.669. The zero-order valence-corrected chi connectivity index (χ0v) is 56.8. The zero-order chi connectivity index (χ0) is 68.9. The Balaban J connectivity index is 0.000000143. The predicted octanol–water partition coefficient (Wildman–Crippen LogP) is 28.7. The fourth-order valence-electron chi connectivity index (χ4n) is 15.4. The lowest BCUT2D eigenvalue weighted by atomic mass is 9.96. The van der Waals surface area contributed by atoms with Crippen molar-refractivity contribution in [2.24, 2.45) is 0 Å². The second-order valence-corrected chi connectivity index (χ2v) is 26.7. The number of hydrogen-bond donors (Lipinski definition) is 0. The molecule has 18 aromatic carbocycles. The molecular formula is C100H66N2O2. The fourth-order valence-corrected chi connectivity index (χ4v) is 15.4. The molecule has 2 aromatic heterocycles. The van der Waals surface area contributed by atoms with E-state index in [2.05, 4.69) is 386 Å². The average molecular weight is 1330 g/mol. The van der Waals surface area contributed by atoms with Crippen molar-refractivity contribution >= 4 is 121 Å². The van der Waals surface area contributed by atoms with E-state index >= 15 is 0 Å². The molecule has 2 heterocycles. The second-order valence-electron chi connectivity index (χ2n) is 26.7. The van der Waals surface area contributed by atoms with Crippen LogP contribution in [0.15, 0.2) is 409 Å². The molecule has 0 fully saturated rings. The standard InChI is InChI=1S/2C50H33NO/c1-2-11-34(12-3-1)35-23-28-40(29-24-35)51(41-30-25-37(26-31-41)45-17-10-18-47-46-16-7-9-20-49(46)52-50(45)47)48-19-8-6-15-44(48)39-27-32-43-38(33-39)22-21-36-13-4-5-14-42(36)43;1-2-10-34(11-3-1)35-22-27-41(28-23-35)51(42-29-24-37(25-30-42)46-17-9-18-48-47-16-6-7-19-49(47)52-50(46)48)43-14-8-13-38(33-43)39-26-31-45-40(32-39)21-20-36-12-4-5-15-44(36)45/h2*1-33H. The maximum atomic E-state index is 6.41. The van der Waals surface area contributed by atoms with Crippen molar-refractivity contribution in [1.29, 1.82) is 0 Å². The van der Waals surface area contributed by atoms with Crippen molar-refractivity contribution in [3.05, 3.63) is 400 Å². The van der Waals surface area contributed by atoms with Crippen LogP contribution in [0.2, 0.25) is 0 Å². The van der Waals surface area contributed by atoms with E-state index in [0.717, 1.165) is 100 Å². The molecule has 0 radical (unpaired) electrons. The number of furan rings is 2. The van der Waals surface area contributed by atoms with Crippen LogP contribution in [0, 0.1) is 0 Å². The van der Waals surface area contributed by atoms with Crippen LogP contribution in [0.25, 0.3) is 154 Å². The molecule has 104 heavy (non-hydrogen) atoms. The van der Waals surface area contributed by atoms with E-state index in [9.17, 15) is 0 Å². The molecule has 20 aromatic rings. The van der Waals surface area contributed by atoms with Gasteiger partial charge in [0.2, 0.25) is 0 Å². The highest BCUT2D eigenvalue weighted by Gasteiger charge is 2.21. The van der Waals surface area contributed by atoms with E-state index in [1.165, 1.54) is 87.6 Å². The molecule has 0 N–H and O–H groups in total. The van der Waals surface area contributed by atoms with Crippen molar-refractivity contribution in [1.82, 2.24) is 0 Å². The molecule has 20 rings (SSSR count). The molecule has 0 bridgehead atoms. The summed E-state index contributed by atoms with van der Waals surface area (Å²) in [6.45, 7) is 0. The van der Waals surface area contributed by atoms with Crippen LogP contribution in [0.1, 0.15) is 0 Å². The van der Waals surface area contributed by atoms with Gasteiger partial charge in [0, 0.05) is 66.7 Å². The van der Waals surface area contributed by atoms with Gasteiger partial charge in [0.15, 0.2) is 0 Å². The number of rotatable bonds is 12. The Bertz CT molecular complexity index is 6580. The van der Waals surface area contributed by atoms with Gasteiger partial charge in [-0.25, -0.2) is 0 Å². The number of anilines is 6. The minimum atomic E-state index is 0.908. The van der Waals surface area contributed by atoms with Crippen molar-refractivity contribution in [2.45, 2.75) is 0 Å². The third-order valence-corrected chi connectivity index (χ3v) is 20.5. The van der Waals surface area contributed by atoms with Gasteiger partial charge in [0.25, 0.3) is 0 Å². The highest BCUT2D eigenvalue weighted by molar-refractivity contribution is 6.13. The molecule has 0 saturated carbocycles. The van der Waals surface area contributed by atoms with Gasteiger partial charge in [-0.15, -0.1) is 0 Å². The van der Waals surface area contributed by atoms with Gasteiger partial charge in [-0.3, -0.25) is 0 Å². The van der Waals surface area contributed by atoms with Gasteiger partial charge in [0.05, 0.1) is 5.69 Å². The smallest absolute Gasteiger partial charge is 0.143 e. The quantitative estimate of drug-likeness (QED) is 0.114. The minimum Gasteiger partial charge on any atom is -0.455 e. The van der Waals surface area contributed by atoms with Gasteiger partial charge >= 0.3 is 0 Å². The highest BCUT2D eigenvalue weighted by atomic mass is 16.3. The van der Waals surface area contributed by atoms with Crippen LogP contribution in [0.5, 0.6) is 0 Å². The molecule has 0 aliphatic carbocycles. The lowest BCUT2D eigenvalue weighted by Crippen LogP contribution is -2.11. The van der Waals surface area contributed by atoms with E-state index in [4.69, 9.17) is 8.83 Å². The molecule has 0 aliphatic rings. The molecule has 0 aliphatic heterocycles. The van der Waals surface area contributed by atoms with Gasteiger partial charge in [-0.05, 0) is 184 Å². The Kier molecular flexibility index (Phi) is 15.5. The van der Waals surface area contributed by atoms with Crippen LogP contribution >= 0.6 is 0 Å². The van der Waals surface area contributed by atoms with Crippen LogP contribution in [-0.4, -0.2) is 0 Å². The summed E-state index contributed by atoms with van der Waals surface area (Å²) in [4.78, 5) is 4.72. The number of benzene rings is 18. The van der Waals surface area contributed by atoms with Crippen LogP contribution in [0.4, 0.5) is 34.1 Å². The molecule has 0 amide bonds. The normalized spacial score (nSPS) is 11.5. The Morgan fingerprint density at radius 3 is 1.02 bits per heavy atom. The number of hydrogen-bond acceptors (Lipinski definition) is 4. The Morgan fingerprint density at radius 2 is 0.500 bits per heavy atom. The second kappa shape index (κ2) is 26.4. The SMILES string of the molecule is c1ccc(-c2ccc(N(c3ccc(-c4cccc5c4oc4ccccc45)cc3)c3cccc(-c4ccc5c(ccc6ccccc65)c4)c3)cc2)cc1.c1ccc(-c2ccc(N(c3ccc(-c4cccc5c4oc4ccccc45)cc3)c3ccccc3-c3ccc4c(ccc5ccccc54)c3)cc2)cc1. The largest absolute Gasteiger partial charge is 0.455 e. The zero-order valence-electron chi connectivity index (χ0n) is 56.8. The van der Waals surface area contributed by atoms with Crippen molar-refractivity contribution in [2.75, 3.05) is 9.80 Å². The number of fused-ring (bicyclic) bond motifs is 12. The van der Waals surface area contributed by atoms with Crippen LogP contribution in [-0.2, 0) is 0 Å². The lowest BCUT2D eigenvalue weighted by Gasteiger charge is -2.28. The first-order valence-corrected chi connectivity index (χ1v) is 35.5. The number of para-hydroxylation sites is 5. The Labute approximate surface area is 603 Å². The minimum absolute atomic E-state index is 0.908. The maximum Gasteiger partial charge on any atom is 0.143 e. The molecule has 0 spiro atoms. The number of nitrogens with zero attached hydrogens (tertiary/aromatic N) is 2. The van der Waals surface area contributed by atoms with E-state index in [0.29, 0.717) is 0 Å². The molecular weight excluding hydrogens is 1260 g/mol. The third-order valence-electron chi connectivity index (χ3n) is 20.5.